The minimum Gasteiger partial charge on any atom is -0.459 e. The number of amides is 1. The zero-order valence-corrected chi connectivity index (χ0v) is 15.9. The van der Waals surface area contributed by atoms with Gasteiger partial charge in [0.2, 0.25) is 0 Å². The first-order chi connectivity index (χ1) is 14.0. The van der Waals surface area contributed by atoms with E-state index in [4.69, 9.17) is 10.2 Å². The van der Waals surface area contributed by atoms with Gasteiger partial charge >= 0.3 is 5.91 Å². The van der Waals surface area contributed by atoms with Gasteiger partial charge in [-0.3, -0.25) is 15.0 Å². The van der Waals surface area contributed by atoms with Gasteiger partial charge in [-0.05, 0) is 37.5 Å². The molecule has 7 nitrogen and oxygen atoms in total. The van der Waals surface area contributed by atoms with Gasteiger partial charge in [-0.25, -0.2) is 5.01 Å². The van der Waals surface area contributed by atoms with Crippen molar-refractivity contribution in [1.29, 1.82) is 5.26 Å². The van der Waals surface area contributed by atoms with Gasteiger partial charge in [-0.2, -0.15) is 5.26 Å². The molecule has 2 heterocycles. The first kappa shape index (κ1) is 18.6. The predicted octanol–water partition coefficient (Wildman–Crippen LogP) is 3.03. The molecule has 0 saturated heterocycles. The lowest BCUT2D eigenvalue weighted by atomic mass is 9.76. The van der Waals surface area contributed by atoms with Crippen molar-refractivity contribution in [3.8, 4) is 6.07 Å². The minimum atomic E-state index is -0.542. The summed E-state index contributed by atoms with van der Waals surface area (Å²) in [6.45, 7) is 1.97. The van der Waals surface area contributed by atoms with Crippen molar-refractivity contribution in [2.45, 2.75) is 32.1 Å². The monoisotopic (exact) mass is 388 g/mol. The summed E-state index contributed by atoms with van der Waals surface area (Å²) in [6.07, 6.45) is 3.02. The summed E-state index contributed by atoms with van der Waals surface area (Å²) in [6, 6.07) is 13.0. The Morgan fingerprint density at radius 3 is 2.69 bits per heavy atom. The second-order valence-electron chi connectivity index (χ2n) is 7.15. The summed E-state index contributed by atoms with van der Waals surface area (Å²) in [5.41, 5.74) is 12.3. The average Bonchev–Trinajstić information content (AvgIpc) is 3.25. The topological polar surface area (TPSA) is 112 Å². The molecule has 0 bridgehead atoms. The number of hydrazine groups is 1. The Balaban J connectivity index is 1.83. The van der Waals surface area contributed by atoms with Crippen LogP contribution in [0.2, 0.25) is 0 Å². The van der Waals surface area contributed by atoms with Crippen molar-refractivity contribution in [1.82, 2.24) is 10.4 Å². The summed E-state index contributed by atoms with van der Waals surface area (Å²) < 4.78 is 5.14. The van der Waals surface area contributed by atoms with Gasteiger partial charge in [0.05, 0.1) is 23.8 Å². The van der Waals surface area contributed by atoms with E-state index >= 15 is 0 Å². The zero-order chi connectivity index (χ0) is 20.5. The van der Waals surface area contributed by atoms with Crippen LogP contribution in [0.15, 0.2) is 69.7 Å². The SMILES string of the molecule is Cc1ccc(C2C(C#N)=C(N)N(NC(=O)c3ccco3)C3=C2C(=O)CCC3)cc1. The number of aryl methyl sites for hydroxylation is 1. The van der Waals surface area contributed by atoms with Crippen LogP contribution >= 0.6 is 0 Å². The molecule has 0 saturated carbocycles. The number of nitrogens with one attached hydrogen (secondary N) is 1. The third kappa shape index (κ3) is 3.19. The van der Waals surface area contributed by atoms with Crippen LogP contribution < -0.4 is 11.2 Å². The number of nitrogens with two attached hydrogens (primary N) is 1. The molecule has 29 heavy (non-hydrogen) atoms. The van der Waals surface area contributed by atoms with Gasteiger partial charge in [0.25, 0.3) is 0 Å². The number of hydrogen-bond donors (Lipinski definition) is 2. The molecular weight excluding hydrogens is 368 g/mol. The number of ketones is 1. The molecule has 1 aliphatic carbocycles. The third-order valence-electron chi connectivity index (χ3n) is 5.28. The fourth-order valence-electron chi connectivity index (χ4n) is 3.87. The van der Waals surface area contributed by atoms with Crippen molar-refractivity contribution in [2.24, 2.45) is 5.73 Å². The van der Waals surface area contributed by atoms with Crippen LogP contribution in [0.5, 0.6) is 0 Å². The maximum absolute atomic E-state index is 12.9. The maximum atomic E-state index is 12.9. The second kappa shape index (κ2) is 7.32. The molecule has 0 fully saturated rings. The highest BCUT2D eigenvalue weighted by Crippen LogP contribution is 2.44. The lowest BCUT2D eigenvalue weighted by Gasteiger charge is -2.39. The van der Waals surface area contributed by atoms with Crippen LogP contribution in [0, 0.1) is 18.3 Å². The summed E-state index contributed by atoms with van der Waals surface area (Å²) >= 11 is 0. The smallest absolute Gasteiger partial charge is 0.305 e. The number of furan rings is 1. The number of carbonyl (C=O) groups is 2. The fourth-order valence-corrected chi connectivity index (χ4v) is 3.87. The van der Waals surface area contributed by atoms with Crippen molar-refractivity contribution in [2.75, 3.05) is 0 Å². The van der Waals surface area contributed by atoms with E-state index in [2.05, 4.69) is 11.5 Å². The first-order valence-electron chi connectivity index (χ1n) is 9.38. The highest BCUT2D eigenvalue weighted by atomic mass is 16.3. The number of nitrogens with zero attached hydrogens (tertiary/aromatic N) is 2. The largest absolute Gasteiger partial charge is 0.459 e. The van der Waals surface area contributed by atoms with Crippen LogP contribution in [0.1, 0.15) is 46.9 Å². The summed E-state index contributed by atoms with van der Waals surface area (Å²) in [4.78, 5) is 25.5. The molecule has 7 heteroatoms. The van der Waals surface area contributed by atoms with Crippen LogP contribution in [-0.4, -0.2) is 16.7 Å². The number of rotatable bonds is 3. The van der Waals surface area contributed by atoms with Gasteiger partial charge in [0, 0.05) is 17.7 Å². The molecule has 1 aromatic carbocycles. The molecule has 1 atom stereocenters. The number of benzene rings is 1. The lowest BCUT2D eigenvalue weighted by Crippen LogP contribution is -2.48. The van der Waals surface area contributed by atoms with E-state index in [1.807, 2.05) is 31.2 Å². The van der Waals surface area contributed by atoms with Crippen molar-refractivity contribution in [3.05, 3.63) is 82.2 Å². The van der Waals surface area contributed by atoms with Crippen molar-refractivity contribution < 1.29 is 14.0 Å². The molecule has 0 spiro atoms. The second-order valence-corrected chi connectivity index (χ2v) is 7.15. The molecule has 3 N–H and O–H groups in total. The summed E-state index contributed by atoms with van der Waals surface area (Å²) in [5.74, 6) is -0.851. The number of hydrogen-bond acceptors (Lipinski definition) is 6. The Kier molecular flexibility index (Phi) is 4.69. The number of nitriles is 1. The molecule has 146 valence electrons. The standard InChI is InChI=1S/C22H20N4O3/c1-13-7-9-14(10-8-13)19-15(12-23)21(24)26(16-4-2-5-17(27)20(16)19)25-22(28)18-6-3-11-29-18/h3,6-11,19H,2,4-5,24H2,1H3,(H,25,28). The van der Waals surface area contributed by atoms with E-state index in [0.29, 0.717) is 30.5 Å². The predicted molar refractivity (Wildman–Crippen MR) is 105 cm³/mol. The first-order valence-corrected chi connectivity index (χ1v) is 9.38. The third-order valence-corrected chi connectivity index (χ3v) is 5.28. The number of carbonyl (C=O) groups excluding carboxylic acids is 2. The maximum Gasteiger partial charge on any atom is 0.305 e. The van der Waals surface area contributed by atoms with E-state index in [1.165, 1.54) is 17.3 Å². The van der Waals surface area contributed by atoms with Crippen LogP contribution in [0.3, 0.4) is 0 Å². The Hall–Kier alpha value is -3.79. The fraction of sp³-hybridized carbons (Fsp3) is 0.227. The van der Waals surface area contributed by atoms with Crippen LogP contribution in [0.25, 0.3) is 0 Å². The normalized spacial score (nSPS) is 19.1. The van der Waals surface area contributed by atoms with Crippen molar-refractivity contribution in [3.63, 3.8) is 0 Å². The lowest BCUT2D eigenvalue weighted by molar-refractivity contribution is -0.116. The molecule has 0 radical (unpaired) electrons. The van der Waals surface area contributed by atoms with Gasteiger partial charge in [-0.15, -0.1) is 0 Å². The van der Waals surface area contributed by atoms with Crippen molar-refractivity contribution >= 4 is 11.7 Å². The number of Topliss-reactive ketones (excluding diaryl/α,β-unsaturated/α-hetero) is 1. The number of allylic oxidation sites excluding steroid dienone is 3. The molecule has 1 aromatic heterocycles. The molecule has 2 aromatic rings. The van der Waals surface area contributed by atoms with Gasteiger partial charge in [0.1, 0.15) is 5.82 Å². The van der Waals surface area contributed by atoms with Gasteiger partial charge in [0.15, 0.2) is 11.5 Å². The highest BCUT2D eigenvalue weighted by molar-refractivity contribution is 6.00. The summed E-state index contributed by atoms with van der Waals surface area (Å²) in [5, 5.41) is 11.3. The van der Waals surface area contributed by atoms with Crippen LogP contribution in [0.4, 0.5) is 0 Å². The van der Waals surface area contributed by atoms with E-state index < -0.39 is 11.8 Å². The highest BCUT2D eigenvalue weighted by Gasteiger charge is 2.40. The molecule has 2 aliphatic rings. The Labute approximate surface area is 168 Å². The Morgan fingerprint density at radius 2 is 2.03 bits per heavy atom. The molecule has 4 rings (SSSR count). The summed E-state index contributed by atoms with van der Waals surface area (Å²) in [7, 11) is 0. The van der Waals surface area contributed by atoms with E-state index in [-0.39, 0.29) is 22.9 Å². The molecular formula is C22H20N4O3. The molecule has 1 unspecified atom stereocenters. The van der Waals surface area contributed by atoms with E-state index in [1.54, 1.807) is 6.07 Å². The van der Waals surface area contributed by atoms with Gasteiger partial charge in [-0.1, -0.05) is 29.8 Å². The minimum absolute atomic E-state index is 0.0330. The van der Waals surface area contributed by atoms with Crippen LogP contribution in [-0.2, 0) is 4.79 Å². The zero-order valence-electron chi connectivity index (χ0n) is 15.9. The molecule has 1 amide bonds. The average molecular weight is 388 g/mol. The van der Waals surface area contributed by atoms with E-state index in [9.17, 15) is 14.9 Å². The molecule has 1 aliphatic heterocycles. The Morgan fingerprint density at radius 1 is 1.28 bits per heavy atom. The van der Waals surface area contributed by atoms with Gasteiger partial charge < -0.3 is 10.2 Å². The quantitative estimate of drug-likeness (QED) is 0.836. The van der Waals surface area contributed by atoms with E-state index in [0.717, 1.165) is 11.1 Å². The Bertz CT molecular complexity index is 1070.